The van der Waals surface area contributed by atoms with E-state index in [1.165, 1.54) is 16.9 Å². The summed E-state index contributed by atoms with van der Waals surface area (Å²) in [7, 11) is 0. The summed E-state index contributed by atoms with van der Waals surface area (Å²) in [5, 5.41) is 2.04. The topological polar surface area (TPSA) is 29.5 Å². The second-order valence-electron chi connectivity index (χ2n) is 8.25. The number of benzene rings is 2. The molecule has 1 amide bonds. The number of carbonyl (C=O) groups excluding carboxylic acids is 1. The number of amides is 1. The molecule has 1 aromatic heterocycles. The Morgan fingerprint density at radius 1 is 1.00 bits per heavy atom. The van der Waals surface area contributed by atoms with E-state index in [0.29, 0.717) is 12.5 Å². The third-order valence-electron chi connectivity index (χ3n) is 5.93. The van der Waals surface area contributed by atoms with Crippen LogP contribution < -0.4 is 4.74 Å². The molecule has 0 N–H and O–H groups in total. The zero-order chi connectivity index (χ0) is 20.9. The molecule has 4 rings (SSSR count). The van der Waals surface area contributed by atoms with Crippen molar-refractivity contribution < 1.29 is 9.53 Å². The summed E-state index contributed by atoms with van der Waals surface area (Å²) >= 11 is 1.53. The highest BCUT2D eigenvalue weighted by molar-refractivity contribution is 7.12. The molecule has 0 spiro atoms. The molecule has 0 unspecified atom stereocenters. The molecule has 3 aromatic rings. The van der Waals surface area contributed by atoms with Crippen LogP contribution in [0.25, 0.3) is 0 Å². The molecule has 1 saturated heterocycles. The lowest BCUT2D eigenvalue weighted by atomic mass is 9.90. The highest BCUT2D eigenvalue weighted by Crippen LogP contribution is 2.27. The van der Waals surface area contributed by atoms with E-state index in [2.05, 4.69) is 56.3 Å². The molecule has 2 aromatic carbocycles. The predicted molar refractivity (Wildman–Crippen MR) is 123 cm³/mol. The van der Waals surface area contributed by atoms with Crippen molar-refractivity contribution in [3.8, 4) is 5.75 Å². The maximum absolute atomic E-state index is 13.0. The van der Waals surface area contributed by atoms with Gasteiger partial charge in [0.25, 0.3) is 5.91 Å². The van der Waals surface area contributed by atoms with Gasteiger partial charge in [0.15, 0.2) is 0 Å². The Morgan fingerprint density at radius 3 is 2.40 bits per heavy atom. The minimum absolute atomic E-state index is 0.163. The highest BCUT2D eigenvalue weighted by atomic mass is 32.1. The van der Waals surface area contributed by atoms with Crippen LogP contribution >= 0.6 is 11.3 Å². The van der Waals surface area contributed by atoms with Crippen molar-refractivity contribution in [2.24, 2.45) is 5.92 Å². The number of thiophene rings is 1. The van der Waals surface area contributed by atoms with Gasteiger partial charge < -0.3 is 9.64 Å². The largest absolute Gasteiger partial charge is 0.488 e. The van der Waals surface area contributed by atoms with E-state index in [9.17, 15) is 4.79 Å². The summed E-state index contributed by atoms with van der Waals surface area (Å²) in [6.07, 6.45) is 3.27. The molecule has 1 aliphatic rings. The summed E-state index contributed by atoms with van der Waals surface area (Å²) in [5.74, 6) is 1.77. The SMILES string of the molecule is Cc1cccc(C)c1OCc1csc(C(=O)N2CCC(Cc3ccccc3)CC2)c1. The molecular formula is C26H29NO2S. The normalized spacial score (nSPS) is 14.7. The average molecular weight is 420 g/mol. The highest BCUT2D eigenvalue weighted by Gasteiger charge is 2.24. The molecular weight excluding hydrogens is 390 g/mol. The quantitative estimate of drug-likeness (QED) is 0.487. The van der Waals surface area contributed by atoms with Crippen LogP contribution in [0.3, 0.4) is 0 Å². The predicted octanol–water partition coefficient (Wildman–Crippen LogP) is 6.04. The fraction of sp³-hybridized carbons (Fsp3) is 0.346. The number of rotatable bonds is 6. The van der Waals surface area contributed by atoms with E-state index in [1.807, 2.05) is 22.4 Å². The molecule has 3 nitrogen and oxygen atoms in total. The van der Waals surface area contributed by atoms with Crippen molar-refractivity contribution in [3.63, 3.8) is 0 Å². The smallest absolute Gasteiger partial charge is 0.263 e. The number of nitrogens with zero attached hydrogens (tertiary/aromatic N) is 1. The first-order valence-corrected chi connectivity index (χ1v) is 11.6. The minimum atomic E-state index is 0.163. The number of piperidine rings is 1. The number of aryl methyl sites for hydroxylation is 2. The van der Waals surface area contributed by atoms with E-state index in [4.69, 9.17) is 4.74 Å². The van der Waals surface area contributed by atoms with E-state index in [0.717, 1.165) is 59.7 Å². The van der Waals surface area contributed by atoms with Gasteiger partial charge in [-0.1, -0.05) is 48.5 Å². The van der Waals surface area contributed by atoms with Gasteiger partial charge in [0, 0.05) is 18.7 Å². The molecule has 0 saturated carbocycles. The summed E-state index contributed by atoms with van der Waals surface area (Å²) in [6, 6.07) is 18.8. The van der Waals surface area contributed by atoms with Gasteiger partial charge in [-0.05, 0) is 67.2 Å². The number of ether oxygens (including phenoxy) is 1. The monoisotopic (exact) mass is 419 g/mol. The Kier molecular flexibility index (Phi) is 6.53. The third-order valence-corrected chi connectivity index (χ3v) is 6.89. The molecule has 0 atom stereocenters. The van der Waals surface area contributed by atoms with Gasteiger partial charge in [-0.3, -0.25) is 4.79 Å². The number of hydrogen-bond acceptors (Lipinski definition) is 3. The summed E-state index contributed by atoms with van der Waals surface area (Å²) < 4.78 is 6.04. The molecule has 156 valence electrons. The zero-order valence-corrected chi connectivity index (χ0v) is 18.6. The van der Waals surface area contributed by atoms with Crippen LogP contribution in [0.1, 0.15) is 44.8 Å². The minimum Gasteiger partial charge on any atom is -0.488 e. The standard InChI is InChI=1S/C26H29NO2S/c1-19-7-6-8-20(2)25(19)29-17-23-16-24(30-18-23)26(28)27-13-11-22(12-14-27)15-21-9-4-3-5-10-21/h3-10,16,18,22H,11-15,17H2,1-2H3. The van der Waals surface area contributed by atoms with Crippen molar-refractivity contribution in [3.05, 3.63) is 87.1 Å². The number of carbonyl (C=O) groups is 1. The average Bonchev–Trinajstić information content (AvgIpc) is 3.23. The van der Waals surface area contributed by atoms with Crippen molar-refractivity contribution in [1.82, 2.24) is 4.90 Å². The second-order valence-corrected chi connectivity index (χ2v) is 9.17. The summed E-state index contributed by atoms with van der Waals surface area (Å²) in [6.45, 7) is 6.32. The molecule has 4 heteroatoms. The molecule has 0 aliphatic carbocycles. The van der Waals surface area contributed by atoms with Crippen LogP contribution in [-0.4, -0.2) is 23.9 Å². The van der Waals surface area contributed by atoms with Crippen molar-refractivity contribution in [2.75, 3.05) is 13.1 Å². The van der Waals surface area contributed by atoms with Crippen LogP contribution in [0.5, 0.6) is 5.75 Å². The molecule has 1 aliphatic heterocycles. The maximum Gasteiger partial charge on any atom is 0.263 e. The molecule has 0 bridgehead atoms. The molecule has 2 heterocycles. The van der Waals surface area contributed by atoms with Crippen LogP contribution in [0.4, 0.5) is 0 Å². The van der Waals surface area contributed by atoms with Crippen molar-refractivity contribution in [1.29, 1.82) is 0 Å². The van der Waals surface area contributed by atoms with Gasteiger partial charge in [-0.25, -0.2) is 0 Å². The lowest BCUT2D eigenvalue weighted by molar-refractivity contribution is 0.0695. The number of hydrogen-bond donors (Lipinski definition) is 0. The van der Waals surface area contributed by atoms with E-state index < -0.39 is 0 Å². The molecule has 1 fully saturated rings. The first kappa shape index (κ1) is 20.7. The van der Waals surface area contributed by atoms with E-state index >= 15 is 0 Å². The lowest BCUT2D eigenvalue weighted by Gasteiger charge is -2.31. The number of para-hydroxylation sites is 1. The van der Waals surface area contributed by atoms with Gasteiger partial charge in [0.1, 0.15) is 12.4 Å². The zero-order valence-electron chi connectivity index (χ0n) is 17.8. The third kappa shape index (κ3) is 4.93. The van der Waals surface area contributed by atoms with Gasteiger partial charge >= 0.3 is 0 Å². The molecule has 30 heavy (non-hydrogen) atoms. The summed E-state index contributed by atoms with van der Waals surface area (Å²) in [5.41, 5.74) is 4.74. The van der Waals surface area contributed by atoms with Crippen molar-refractivity contribution >= 4 is 17.2 Å². The van der Waals surface area contributed by atoms with Gasteiger partial charge in [0.05, 0.1) is 4.88 Å². The van der Waals surface area contributed by atoms with Crippen molar-refractivity contribution in [2.45, 2.75) is 39.7 Å². The Hall–Kier alpha value is -2.59. The Balaban J connectivity index is 1.30. The fourth-order valence-electron chi connectivity index (χ4n) is 4.19. The summed E-state index contributed by atoms with van der Waals surface area (Å²) in [4.78, 5) is 15.8. The number of likely N-dealkylation sites (tertiary alicyclic amines) is 1. The Labute approximate surface area is 183 Å². The molecule has 0 radical (unpaired) electrons. The van der Waals surface area contributed by atoms with Gasteiger partial charge in [0.2, 0.25) is 0 Å². The maximum atomic E-state index is 13.0. The first-order valence-electron chi connectivity index (χ1n) is 10.7. The van der Waals surface area contributed by atoms with Gasteiger partial charge in [-0.15, -0.1) is 11.3 Å². The van der Waals surface area contributed by atoms with Crippen LogP contribution in [-0.2, 0) is 13.0 Å². The Morgan fingerprint density at radius 2 is 1.70 bits per heavy atom. The fourth-order valence-corrected chi connectivity index (χ4v) is 5.05. The van der Waals surface area contributed by atoms with Crippen LogP contribution in [0.2, 0.25) is 0 Å². The van der Waals surface area contributed by atoms with Crippen LogP contribution in [0.15, 0.2) is 60.0 Å². The lowest BCUT2D eigenvalue weighted by Crippen LogP contribution is -2.38. The second kappa shape index (κ2) is 9.48. The van der Waals surface area contributed by atoms with E-state index in [1.54, 1.807) is 0 Å². The first-order chi connectivity index (χ1) is 14.6. The van der Waals surface area contributed by atoms with Crippen LogP contribution in [0, 0.1) is 19.8 Å². The Bertz CT molecular complexity index is 967. The van der Waals surface area contributed by atoms with E-state index in [-0.39, 0.29) is 5.91 Å². The van der Waals surface area contributed by atoms with Gasteiger partial charge in [-0.2, -0.15) is 0 Å².